The van der Waals surface area contributed by atoms with Gasteiger partial charge >= 0.3 is 6.03 Å². The topological polar surface area (TPSA) is 62.6 Å². The lowest BCUT2D eigenvalue weighted by atomic mass is 10.2. The molecule has 6 nitrogen and oxygen atoms in total. The molecule has 0 aromatic heterocycles. The minimum absolute atomic E-state index is 0.0670. The first-order valence-corrected chi connectivity index (χ1v) is 8.01. The molecule has 0 saturated carbocycles. The fraction of sp³-hybridized carbons (Fsp3) is 0.529. The van der Waals surface area contributed by atoms with Crippen LogP contribution in [-0.2, 0) is 0 Å². The molecular formula is C17H25N5O. The zero-order chi connectivity index (χ0) is 16.7. The Hall–Kier alpha value is -2.10. The van der Waals surface area contributed by atoms with E-state index in [0.29, 0.717) is 5.56 Å². The number of benzene rings is 1. The summed E-state index contributed by atoms with van der Waals surface area (Å²) in [6.07, 6.45) is 1.16. The first-order valence-electron chi connectivity index (χ1n) is 8.01. The van der Waals surface area contributed by atoms with Crippen LogP contribution >= 0.6 is 0 Å². The Morgan fingerprint density at radius 1 is 1.22 bits per heavy atom. The Kier molecular flexibility index (Phi) is 6.39. The van der Waals surface area contributed by atoms with Crippen LogP contribution in [0.3, 0.4) is 0 Å². The maximum atomic E-state index is 12.3. The summed E-state index contributed by atoms with van der Waals surface area (Å²) in [5.41, 5.74) is 1.32. The van der Waals surface area contributed by atoms with Crippen LogP contribution in [0, 0.1) is 11.3 Å². The molecule has 1 heterocycles. The van der Waals surface area contributed by atoms with E-state index in [2.05, 4.69) is 35.3 Å². The number of nitrogens with zero attached hydrogens (tertiary/aromatic N) is 4. The third-order valence-corrected chi connectivity index (χ3v) is 4.00. The molecule has 0 unspecified atom stereocenters. The maximum Gasteiger partial charge on any atom is 0.321 e. The monoisotopic (exact) mass is 315 g/mol. The number of rotatable bonds is 5. The van der Waals surface area contributed by atoms with Crippen molar-refractivity contribution in [1.82, 2.24) is 14.7 Å². The van der Waals surface area contributed by atoms with E-state index in [1.165, 1.54) is 0 Å². The van der Waals surface area contributed by atoms with Crippen LogP contribution in [0.25, 0.3) is 0 Å². The van der Waals surface area contributed by atoms with Crippen LogP contribution in [0.5, 0.6) is 0 Å². The molecular weight excluding hydrogens is 290 g/mol. The lowest BCUT2D eigenvalue weighted by molar-refractivity contribution is 0.144. The summed E-state index contributed by atoms with van der Waals surface area (Å²) >= 11 is 0. The van der Waals surface area contributed by atoms with E-state index >= 15 is 0 Å². The van der Waals surface area contributed by atoms with Crippen molar-refractivity contribution in [3.63, 3.8) is 0 Å². The standard InChI is InChI=1S/C17H25N5O/c1-20(2)8-3-9-21-10-12-22(13-11-21)17(23)19-16-6-4-15(14-18)5-7-16/h4-7H,3,8-13H2,1-2H3,(H,19,23). The number of carbonyl (C=O) groups is 1. The Bertz CT molecular complexity index is 541. The molecule has 1 aliphatic heterocycles. The minimum Gasteiger partial charge on any atom is -0.322 e. The van der Waals surface area contributed by atoms with Crippen LogP contribution in [0.15, 0.2) is 24.3 Å². The number of nitriles is 1. The third kappa shape index (κ3) is 5.55. The van der Waals surface area contributed by atoms with Gasteiger partial charge in [-0.05, 0) is 57.9 Å². The second kappa shape index (κ2) is 8.51. The van der Waals surface area contributed by atoms with E-state index in [-0.39, 0.29) is 6.03 Å². The van der Waals surface area contributed by atoms with Crippen molar-refractivity contribution in [3.8, 4) is 6.07 Å². The van der Waals surface area contributed by atoms with Crippen molar-refractivity contribution in [2.75, 3.05) is 58.7 Å². The van der Waals surface area contributed by atoms with Crippen LogP contribution in [0.1, 0.15) is 12.0 Å². The van der Waals surface area contributed by atoms with Gasteiger partial charge in [0.15, 0.2) is 0 Å². The SMILES string of the molecule is CN(C)CCCN1CCN(C(=O)Nc2ccc(C#N)cc2)CC1. The lowest BCUT2D eigenvalue weighted by Gasteiger charge is -2.34. The van der Waals surface area contributed by atoms with Gasteiger partial charge in [0.05, 0.1) is 11.6 Å². The molecule has 0 aliphatic carbocycles. The summed E-state index contributed by atoms with van der Waals surface area (Å²) < 4.78 is 0. The van der Waals surface area contributed by atoms with E-state index in [1.54, 1.807) is 24.3 Å². The van der Waals surface area contributed by atoms with Gasteiger partial charge in [-0.2, -0.15) is 5.26 Å². The molecule has 2 amide bonds. The van der Waals surface area contributed by atoms with E-state index in [1.807, 2.05) is 4.90 Å². The van der Waals surface area contributed by atoms with Crippen molar-refractivity contribution in [2.45, 2.75) is 6.42 Å². The van der Waals surface area contributed by atoms with Crippen LogP contribution < -0.4 is 5.32 Å². The van der Waals surface area contributed by atoms with Crippen molar-refractivity contribution in [2.24, 2.45) is 0 Å². The van der Waals surface area contributed by atoms with Crippen molar-refractivity contribution < 1.29 is 4.79 Å². The zero-order valence-electron chi connectivity index (χ0n) is 14.0. The van der Waals surface area contributed by atoms with Gasteiger partial charge in [0, 0.05) is 31.9 Å². The molecule has 0 atom stereocenters. The number of hydrogen-bond acceptors (Lipinski definition) is 4. The van der Waals surface area contributed by atoms with Gasteiger partial charge in [0.25, 0.3) is 0 Å². The van der Waals surface area contributed by atoms with Gasteiger partial charge in [-0.1, -0.05) is 0 Å². The molecule has 1 aromatic rings. The predicted molar refractivity (Wildman–Crippen MR) is 91.4 cm³/mol. The second-order valence-electron chi connectivity index (χ2n) is 6.10. The van der Waals surface area contributed by atoms with Crippen molar-refractivity contribution in [1.29, 1.82) is 5.26 Å². The van der Waals surface area contributed by atoms with Crippen LogP contribution in [-0.4, -0.2) is 74.1 Å². The third-order valence-electron chi connectivity index (χ3n) is 4.00. The lowest BCUT2D eigenvalue weighted by Crippen LogP contribution is -2.50. The summed E-state index contributed by atoms with van der Waals surface area (Å²) in [6, 6.07) is 8.93. The summed E-state index contributed by atoms with van der Waals surface area (Å²) in [4.78, 5) is 18.7. The van der Waals surface area contributed by atoms with Gasteiger partial charge in [0.2, 0.25) is 0 Å². The average molecular weight is 315 g/mol. The van der Waals surface area contributed by atoms with Gasteiger partial charge in [-0.15, -0.1) is 0 Å². The summed E-state index contributed by atoms with van der Waals surface area (Å²) in [7, 11) is 4.18. The molecule has 1 aliphatic rings. The number of hydrogen-bond donors (Lipinski definition) is 1. The van der Waals surface area contributed by atoms with Gasteiger partial charge in [-0.25, -0.2) is 4.79 Å². The number of anilines is 1. The Labute approximate surface area is 138 Å². The molecule has 6 heteroatoms. The highest BCUT2D eigenvalue weighted by atomic mass is 16.2. The number of amides is 2. The quantitative estimate of drug-likeness (QED) is 0.897. The van der Waals surface area contributed by atoms with E-state index in [9.17, 15) is 4.79 Å². The Morgan fingerprint density at radius 2 is 1.87 bits per heavy atom. The minimum atomic E-state index is -0.0670. The molecule has 23 heavy (non-hydrogen) atoms. The molecule has 1 saturated heterocycles. The van der Waals surface area contributed by atoms with E-state index in [0.717, 1.165) is 51.4 Å². The molecule has 2 rings (SSSR count). The van der Waals surface area contributed by atoms with Gasteiger partial charge in [0.1, 0.15) is 0 Å². The van der Waals surface area contributed by atoms with Crippen molar-refractivity contribution >= 4 is 11.7 Å². The first kappa shape index (κ1) is 17.3. The summed E-state index contributed by atoms with van der Waals surface area (Å²) in [5, 5.41) is 11.7. The summed E-state index contributed by atoms with van der Waals surface area (Å²) in [5.74, 6) is 0. The zero-order valence-corrected chi connectivity index (χ0v) is 14.0. The van der Waals surface area contributed by atoms with Gasteiger partial charge in [-0.3, -0.25) is 4.90 Å². The number of carbonyl (C=O) groups excluding carboxylic acids is 1. The maximum absolute atomic E-state index is 12.3. The molecule has 0 radical (unpaired) electrons. The fourth-order valence-corrected chi connectivity index (χ4v) is 2.62. The fourth-order valence-electron chi connectivity index (χ4n) is 2.62. The molecule has 1 aromatic carbocycles. The Morgan fingerprint density at radius 3 is 2.43 bits per heavy atom. The average Bonchev–Trinajstić information content (AvgIpc) is 2.56. The number of urea groups is 1. The van der Waals surface area contributed by atoms with Crippen molar-refractivity contribution in [3.05, 3.63) is 29.8 Å². The summed E-state index contributed by atoms with van der Waals surface area (Å²) in [6.45, 7) is 5.54. The highest BCUT2D eigenvalue weighted by Crippen LogP contribution is 2.11. The normalized spacial score (nSPS) is 15.5. The molecule has 0 bridgehead atoms. The highest BCUT2D eigenvalue weighted by molar-refractivity contribution is 5.89. The van der Waals surface area contributed by atoms with E-state index in [4.69, 9.17) is 5.26 Å². The predicted octanol–water partition coefficient (Wildman–Crippen LogP) is 1.66. The molecule has 1 fully saturated rings. The smallest absolute Gasteiger partial charge is 0.321 e. The number of nitrogens with one attached hydrogen (secondary N) is 1. The van der Waals surface area contributed by atoms with Crippen LogP contribution in [0.4, 0.5) is 10.5 Å². The largest absolute Gasteiger partial charge is 0.322 e. The van der Waals surface area contributed by atoms with Crippen LogP contribution in [0.2, 0.25) is 0 Å². The molecule has 0 spiro atoms. The second-order valence-corrected chi connectivity index (χ2v) is 6.10. The van der Waals surface area contributed by atoms with Gasteiger partial charge < -0.3 is 15.1 Å². The molecule has 1 N–H and O–H groups in total. The molecule has 124 valence electrons. The Balaban J connectivity index is 1.73. The van der Waals surface area contributed by atoms with E-state index < -0.39 is 0 Å². The first-order chi connectivity index (χ1) is 11.1. The highest BCUT2D eigenvalue weighted by Gasteiger charge is 2.20. The number of piperazine rings is 1.